The lowest BCUT2D eigenvalue weighted by molar-refractivity contribution is -0.384. The first-order valence-electron chi connectivity index (χ1n) is 6.54. The fraction of sp³-hybridized carbons (Fsp3) is 0.417. The SMILES string of the molecule is O=[N+]([O-])c1ccc(-n2nnc(N3CCCCC3)n2)cc1. The summed E-state index contributed by atoms with van der Waals surface area (Å²) in [5, 5.41) is 23.0. The molecule has 8 heteroatoms. The van der Waals surface area contributed by atoms with Crippen LogP contribution in [0.15, 0.2) is 24.3 Å². The van der Waals surface area contributed by atoms with E-state index in [1.54, 1.807) is 12.1 Å². The molecule has 0 amide bonds. The predicted octanol–water partition coefficient (Wildman–Crippen LogP) is 1.56. The van der Waals surface area contributed by atoms with Gasteiger partial charge >= 0.3 is 0 Å². The summed E-state index contributed by atoms with van der Waals surface area (Å²) in [5.74, 6) is 0.614. The number of anilines is 1. The van der Waals surface area contributed by atoms with Crippen LogP contribution in [0, 0.1) is 10.1 Å². The summed E-state index contributed by atoms with van der Waals surface area (Å²) in [4.78, 5) is 13.7. The second-order valence-corrected chi connectivity index (χ2v) is 4.70. The minimum absolute atomic E-state index is 0.0464. The molecule has 0 aliphatic carbocycles. The molecule has 1 aliphatic rings. The van der Waals surface area contributed by atoms with E-state index in [9.17, 15) is 10.1 Å². The van der Waals surface area contributed by atoms with Gasteiger partial charge in [0.1, 0.15) is 0 Å². The minimum atomic E-state index is -0.433. The maximum atomic E-state index is 10.6. The Balaban J connectivity index is 1.80. The Morgan fingerprint density at radius 2 is 1.80 bits per heavy atom. The lowest BCUT2D eigenvalue weighted by Gasteiger charge is -2.24. The average molecular weight is 274 g/mol. The molecule has 104 valence electrons. The number of nitro groups is 1. The molecule has 1 saturated heterocycles. The van der Waals surface area contributed by atoms with Crippen molar-refractivity contribution in [3.05, 3.63) is 34.4 Å². The smallest absolute Gasteiger partial charge is 0.269 e. The summed E-state index contributed by atoms with van der Waals surface area (Å²) in [6.07, 6.45) is 3.53. The number of piperidine rings is 1. The van der Waals surface area contributed by atoms with E-state index < -0.39 is 4.92 Å². The molecule has 20 heavy (non-hydrogen) atoms. The number of tetrazole rings is 1. The number of rotatable bonds is 3. The molecule has 1 aromatic carbocycles. The van der Waals surface area contributed by atoms with Crippen molar-refractivity contribution in [3.63, 3.8) is 0 Å². The van der Waals surface area contributed by atoms with Crippen molar-refractivity contribution in [1.82, 2.24) is 20.2 Å². The van der Waals surface area contributed by atoms with E-state index in [-0.39, 0.29) is 5.69 Å². The summed E-state index contributed by atoms with van der Waals surface area (Å²) in [6.45, 7) is 1.90. The first-order valence-corrected chi connectivity index (χ1v) is 6.54. The van der Waals surface area contributed by atoms with E-state index in [2.05, 4.69) is 20.3 Å². The van der Waals surface area contributed by atoms with Gasteiger partial charge in [-0.15, -0.1) is 9.90 Å². The van der Waals surface area contributed by atoms with Crippen molar-refractivity contribution < 1.29 is 4.92 Å². The lowest BCUT2D eigenvalue weighted by atomic mass is 10.1. The van der Waals surface area contributed by atoms with Crippen LogP contribution in [-0.4, -0.2) is 38.2 Å². The van der Waals surface area contributed by atoms with Gasteiger partial charge in [0, 0.05) is 25.2 Å². The third kappa shape index (κ3) is 2.44. The standard InChI is InChI=1S/C12H14N6O2/c19-18(20)11-6-4-10(5-7-11)17-14-12(13-15-17)16-8-2-1-3-9-16/h4-7H,1-3,8-9H2. The van der Waals surface area contributed by atoms with Crippen LogP contribution in [0.1, 0.15) is 19.3 Å². The van der Waals surface area contributed by atoms with Gasteiger partial charge in [0.2, 0.25) is 0 Å². The summed E-state index contributed by atoms with van der Waals surface area (Å²) in [5.41, 5.74) is 0.705. The Hall–Kier alpha value is -2.51. The first kappa shape index (κ1) is 12.5. The highest BCUT2D eigenvalue weighted by Gasteiger charge is 2.16. The van der Waals surface area contributed by atoms with Crippen molar-refractivity contribution >= 4 is 11.6 Å². The maximum Gasteiger partial charge on any atom is 0.269 e. The van der Waals surface area contributed by atoms with Gasteiger partial charge in [-0.05, 0) is 36.6 Å². The average Bonchev–Trinajstić information content (AvgIpc) is 2.98. The van der Waals surface area contributed by atoms with Crippen LogP contribution >= 0.6 is 0 Å². The quantitative estimate of drug-likeness (QED) is 0.623. The Kier molecular flexibility index (Phi) is 3.28. The van der Waals surface area contributed by atoms with E-state index in [4.69, 9.17) is 0 Å². The third-order valence-electron chi connectivity index (χ3n) is 3.33. The summed E-state index contributed by atoms with van der Waals surface area (Å²) >= 11 is 0. The highest BCUT2D eigenvalue weighted by atomic mass is 16.6. The number of benzene rings is 1. The molecule has 2 aromatic rings. The second-order valence-electron chi connectivity index (χ2n) is 4.70. The molecule has 1 fully saturated rings. The summed E-state index contributed by atoms with van der Waals surface area (Å²) < 4.78 is 0. The Morgan fingerprint density at radius 1 is 1.10 bits per heavy atom. The normalized spacial score (nSPS) is 15.3. The second kappa shape index (κ2) is 5.24. The molecular formula is C12H14N6O2. The third-order valence-corrected chi connectivity index (χ3v) is 3.33. The monoisotopic (exact) mass is 274 g/mol. The fourth-order valence-electron chi connectivity index (χ4n) is 2.24. The molecule has 0 unspecified atom stereocenters. The van der Waals surface area contributed by atoms with Gasteiger partial charge in [0.05, 0.1) is 10.6 Å². The lowest BCUT2D eigenvalue weighted by Crippen LogP contribution is -2.30. The molecular weight excluding hydrogens is 260 g/mol. The van der Waals surface area contributed by atoms with Crippen molar-refractivity contribution in [2.24, 2.45) is 0 Å². The largest absolute Gasteiger partial charge is 0.338 e. The number of non-ortho nitro benzene ring substituents is 1. The van der Waals surface area contributed by atoms with Crippen molar-refractivity contribution in [3.8, 4) is 5.69 Å². The van der Waals surface area contributed by atoms with Crippen LogP contribution < -0.4 is 4.90 Å². The molecule has 0 saturated carbocycles. The van der Waals surface area contributed by atoms with Crippen LogP contribution in [0.4, 0.5) is 11.6 Å². The van der Waals surface area contributed by atoms with Gasteiger partial charge in [0.15, 0.2) is 0 Å². The molecule has 0 spiro atoms. The summed E-state index contributed by atoms with van der Waals surface area (Å²) in [6, 6.07) is 6.08. The van der Waals surface area contributed by atoms with Gasteiger partial charge in [-0.25, -0.2) is 0 Å². The van der Waals surface area contributed by atoms with Crippen LogP contribution in [0.3, 0.4) is 0 Å². The van der Waals surface area contributed by atoms with Gasteiger partial charge < -0.3 is 4.90 Å². The first-order chi connectivity index (χ1) is 9.74. The highest BCUT2D eigenvalue weighted by Crippen LogP contribution is 2.17. The molecule has 3 rings (SSSR count). The molecule has 1 aromatic heterocycles. The number of hydrogen-bond acceptors (Lipinski definition) is 6. The van der Waals surface area contributed by atoms with E-state index in [0.717, 1.165) is 25.9 Å². The van der Waals surface area contributed by atoms with Crippen molar-refractivity contribution in [1.29, 1.82) is 0 Å². The summed E-state index contributed by atoms with van der Waals surface area (Å²) in [7, 11) is 0. The van der Waals surface area contributed by atoms with Crippen LogP contribution in [-0.2, 0) is 0 Å². The Bertz CT molecular complexity index is 603. The van der Waals surface area contributed by atoms with Gasteiger partial charge in [-0.1, -0.05) is 5.10 Å². The van der Waals surface area contributed by atoms with Crippen LogP contribution in [0.2, 0.25) is 0 Å². The van der Waals surface area contributed by atoms with Gasteiger partial charge in [-0.3, -0.25) is 10.1 Å². The number of hydrogen-bond donors (Lipinski definition) is 0. The van der Waals surface area contributed by atoms with Crippen molar-refractivity contribution in [2.75, 3.05) is 18.0 Å². The van der Waals surface area contributed by atoms with Crippen LogP contribution in [0.5, 0.6) is 0 Å². The number of nitrogens with zero attached hydrogens (tertiary/aromatic N) is 6. The topological polar surface area (TPSA) is 90.0 Å². The molecule has 8 nitrogen and oxygen atoms in total. The fourth-order valence-corrected chi connectivity index (χ4v) is 2.24. The zero-order valence-electron chi connectivity index (χ0n) is 10.8. The van der Waals surface area contributed by atoms with Crippen molar-refractivity contribution in [2.45, 2.75) is 19.3 Å². The molecule has 0 radical (unpaired) electrons. The number of nitro benzene ring substituents is 1. The van der Waals surface area contributed by atoms with Crippen LogP contribution in [0.25, 0.3) is 5.69 Å². The zero-order valence-corrected chi connectivity index (χ0v) is 10.8. The Labute approximate surface area is 115 Å². The van der Waals surface area contributed by atoms with E-state index >= 15 is 0 Å². The van der Waals surface area contributed by atoms with Gasteiger partial charge in [0.25, 0.3) is 11.6 Å². The Morgan fingerprint density at radius 3 is 2.45 bits per heavy atom. The maximum absolute atomic E-state index is 10.6. The minimum Gasteiger partial charge on any atom is -0.338 e. The van der Waals surface area contributed by atoms with Gasteiger partial charge in [-0.2, -0.15) is 0 Å². The number of aromatic nitrogens is 4. The molecule has 2 heterocycles. The molecule has 0 bridgehead atoms. The molecule has 0 atom stereocenters. The zero-order chi connectivity index (χ0) is 13.9. The molecule has 0 N–H and O–H groups in total. The van der Waals surface area contributed by atoms with E-state index in [1.807, 2.05) is 0 Å². The van der Waals surface area contributed by atoms with E-state index in [1.165, 1.54) is 23.4 Å². The molecule has 1 aliphatic heterocycles. The highest BCUT2D eigenvalue weighted by molar-refractivity contribution is 5.40. The predicted molar refractivity (Wildman–Crippen MR) is 71.9 cm³/mol. The van der Waals surface area contributed by atoms with E-state index in [0.29, 0.717) is 11.6 Å².